The fourth-order valence-electron chi connectivity index (χ4n) is 4.65. The Labute approximate surface area is 246 Å². The van der Waals surface area contributed by atoms with Crippen molar-refractivity contribution in [2.45, 2.75) is 26.5 Å². The van der Waals surface area contributed by atoms with Crippen molar-refractivity contribution >= 4 is 40.3 Å². The number of rotatable bonds is 7. The zero-order valence-electron chi connectivity index (χ0n) is 22.4. The van der Waals surface area contributed by atoms with Gasteiger partial charge in [0.25, 0.3) is 11.5 Å². The van der Waals surface area contributed by atoms with E-state index in [0.717, 1.165) is 22.6 Å². The zero-order valence-corrected chi connectivity index (χ0v) is 24.0. The number of thiophene rings is 1. The summed E-state index contributed by atoms with van der Waals surface area (Å²) in [7, 11) is 0. The van der Waals surface area contributed by atoms with E-state index in [9.17, 15) is 18.4 Å². The number of nitrogens with zero attached hydrogens (tertiary/aromatic N) is 2. The molecule has 7 nitrogen and oxygen atoms in total. The van der Waals surface area contributed by atoms with Crippen LogP contribution in [-0.4, -0.2) is 10.5 Å². The van der Waals surface area contributed by atoms with Gasteiger partial charge < -0.3 is 14.5 Å². The lowest BCUT2D eigenvalue weighted by Crippen LogP contribution is -2.40. The van der Waals surface area contributed by atoms with Gasteiger partial charge in [0, 0.05) is 22.7 Å². The Balaban J connectivity index is 1.32. The monoisotopic (exact) mass is 603 g/mol. The lowest BCUT2D eigenvalue weighted by Gasteiger charge is -2.24. The number of halogens is 2. The number of carbonyl (C=O) groups is 1. The van der Waals surface area contributed by atoms with Gasteiger partial charge >= 0.3 is 0 Å². The number of furan rings is 1. The van der Waals surface area contributed by atoms with Crippen molar-refractivity contribution in [3.8, 4) is 5.75 Å². The topological polar surface area (TPSA) is 85.8 Å². The summed E-state index contributed by atoms with van der Waals surface area (Å²) in [5.74, 6) is -1.16. The number of allylic oxidation sites excluding steroid dienone is 1. The van der Waals surface area contributed by atoms with E-state index in [1.807, 2.05) is 48.7 Å². The van der Waals surface area contributed by atoms with Crippen molar-refractivity contribution in [3.05, 3.63) is 137 Å². The van der Waals surface area contributed by atoms with Crippen LogP contribution >= 0.6 is 22.7 Å². The minimum atomic E-state index is -0.814. The molecular formula is C31H23F2N3O4S2. The summed E-state index contributed by atoms with van der Waals surface area (Å²) < 4.78 is 40.2. The van der Waals surface area contributed by atoms with E-state index in [0.29, 0.717) is 37.8 Å². The number of fused-ring (bicyclic) bond motifs is 1. The van der Waals surface area contributed by atoms with Crippen LogP contribution in [0, 0.1) is 18.6 Å². The van der Waals surface area contributed by atoms with Gasteiger partial charge in [-0.3, -0.25) is 14.2 Å². The smallest absolute Gasteiger partial charge is 0.271 e. The number of hydrogen-bond donors (Lipinski definition) is 1. The molecule has 2 aromatic carbocycles. The average Bonchev–Trinajstić information content (AvgIpc) is 3.71. The number of para-hydroxylation sites is 1. The lowest BCUT2D eigenvalue weighted by molar-refractivity contribution is -0.113. The zero-order chi connectivity index (χ0) is 29.4. The van der Waals surface area contributed by atoms with Crippen molar-refractivity contribution in [1.82, 2.24) is 4.57 Å². The van der Waals surface area contributed by atoms with Crippen LogP contribution in [0.25, 0.3) is 6.08 Å². The number of anilines is 1. The van der Waals surface area contributed by atoms with Crippen LogP contribution in [-0.2, 0) is 11.4 Å². The van der Waals surface area contributed by atoms with Crippen molar-refractivity contribution < 1.29 is 22.7 Å². The predicted molar refractivity (Wildman–Crippen MR) is 157 cm³/mol. The Morgan fingerprint density at radius 2 is 1.95 bits per heavy atom. The molecule has 6 rings (SSSR count). The molecule has 0 saturated heterocycles. The molecule has 11 heteroatoms. The van der Waals surface area contributed by atoms with Crippen molar-refractivity contribution in [1.29, 1.82) is 0 Å². The van der Waals surface area contributed by atoms with Gasteiger partial charge in [-0.1, -0.05) is 35.6 Å². The second-order valence-corrected chi connectivity index (χ2v) is 11.5. The Hall–Kier alpha value is -4.61. The second kappa shape index (κ2) is 11.3. The summed E-state index contributed by atoms with van der Waals surface area (Å²) >= 11 is 2.65. The summed E-state index contributed by atoms with van der Waals surface area (Å²) in [6, 6.07) is 17.0. The van der Waals surface area contributed by atoms with Gasteiger partial charge in [0.1, 0.15) is 30.0 Å². The van der Waals surface area contributed by atoms with Gasteiger partial charge in [-0.25, -0.2) is 13.8 Å². The number of aryl methyl sites for hydroxylation is 1. The van der Waals surface area contributed by atoms with Crippen LogP contribution in [0.4, 0.5) is 14.5 Å². The van der Waals surface area contributed by atoms with Crippen molar-refractivity contribution in [2.24, 2.45) is 4.99 Å². The third-order valence-electron chi connectivity index (χ3n) is 6.69. The first-order chi connectivity index (χ1) is 20.3. The van der Waals surface area contributed by atoms with E-state index < -0.39 is 17.7 Å². The molecule has 3 aromatic heterocycles. The molecule has 0 saturated carbocycles. The van der Waals surface area contributed by atoms with E-state index in [4.69, 9.17) is 9.15 Å². The van der Waals surface area contributed by atoms with E-state index in [1.54, 1.807) is 29.7 Å². The highest BCUT2D eigenvalue weighted by Crippen LogP contribution is 2.33. The number of carbonyl (C=O) groups excluding carboxylic acids is 1. The van der Waals surface area contributed by atoms with Crippen LogP contribution in [0.5, 0.6) is 5.75 Å². The first-order valence-electron chi connectivity index (χ1n) is 12.9. The van der Waals surface area contributed by atoms with Crippen LogP contribution in [0.1, 0.15) is 34.9 Å². The van der Waals surface area contributed by atoms with E-state index >= 15 is 0 Å². The van der Waals surface area contributed by atoms with Gasteiger partial charge in [0.15, 0.2) is 16.4 Å². The van der Waals surface area contributed by atoms with E-state index in [2.05, 4.69) is 10.3 Å². The SMILES string of the molecule is CC1=C(C(=O)Nc2ccccc2C)[C@@H](c2cccs2)n2c(s/c(=C/c3ccc(COc4ccc(F)cc4F)o3)c2=O)=N1. The van der Waals surface area contributed by atoms with E-state index in [-0.39, 0.29) is 23.8 Å². The Morgan fingerprint density at radius 3 is 2.71 bits per heavy atom. The van der Waals surface area contributed by atoms with E-state index in [1.165, 1.54) is 28.7 Å². The summed E-state index contributed by atoms with van der Waals surface area (Å²) in [5, 5.41) is 4.90. The highest BCUT2D eigenvalue weighted by Gasteiger charge is 2.33. The fraction of sp³-hybridized carbons (Fsp3) is 0.129. The maximum absolute atomic E-state index is 13.9. The lowest BCUT2D eigenvalue weighted by atomic mass is 10.0. The molecule has 0 spiro atoms. The molecular weight excluding hydrogens is 580 g/mol. The average molecular weight is 604 g/mol. The first kappa shape index (κ1) is 27.6. The summed E-state index contributed by atoms with van der Waals surface area (Å²) in [5.41, 5.74) is 2.21. The molecule has 1 N–H and O–H groups in total. The van der Waals surface area contributed by atoms with Crippen LogP contribution < -0.4 is 24.9 Å². The molecule has 212 valence electrons. The standard InChI is InChI=1S/C31H23F2N3O4S2/c1-17-6-3-4-7-23(17)35-29(37)27-18(2)34-31-36(28(27)25-8-5-13-41-25)30(38)26(42-31)15-20-10-11-21(40-20)16-39-24-12-9-19(32)14-22(24)33/h3-15,28H,16H2,1-2H3,(H,35,37)/b26-15+/t28-/m1/s1. The highest BCUT2D eigenvalue weighted by molar-refractivity contribution is 7.10. The third-order valence-corrected chi connectivity index (χ3v) is 8.60. The van der Waals surface area contributed by atoms with Gasteiger partial charge in [0.2, 0.25) is 0 Å². The minimum Gasteiger partial charge on any atom is -0.483 e. The highest BCUT2D eigenvalue weighted by atomic mass is 32.1. The van der Waals surface area contributed by atoms with Crippen molar-refractivity contribution in [3.63, 3.8) is 0 Å². The maximum atomic E-state index is 13.9. The molecule has 42 heavy (non-hydrogen) atoms. The number of thiazole rings is 1. The van der Waals surface area contributed by atoms with Gasteiger partial charge in [-0.2, -0.15) is 0 Å². The molecule has 0 radical (unpaired) electrons. The van der Waals surface area contributed by atoms with Crippen LogP contribution in [0.2, 0.25) is 0 Å². The Bertz CT molecular complexity index is 2020. The van der Waals surface area contributed by atoms with Gasteiger partial charge in [-0.15, -0.1) is 11.3 Å². The number of aromatic nitrogens is 1. The molecule has 1 atom stereocenters. The summed E-state index contributed by atoms with van der Waals surface area (Å²) in [6.07, 6.45) is 1.60. The molecule has 0 fully saturated rings. The molecule has 5 aromatic rings. The minimum absolute atomic E-state index is 0.0887. The number of amides is 1. The molecule has 4 heterocycles. The number of ether oxygens (including phenoxy) is 1. The molecule has 0 unspecified atom stereocenters. The number of benzene rings is 2. The van der Waals surface area contributed by atoms with Crippen LogP contribution in [0.15, 0.2) is 97.6 Å². The van der Waals surface area contributed by atoms with Gasteiger partial charge in [-0.05, 0) is 61.2 Å². The van der Waals surface area contributed by atoms with Gasteiger partial charge in [0.05, 0.1) is 15.8 Å². The van der Waals surface area contributed by atoms with Crippen molar-refractivity contribution in [2.75, 3.05) is 5.32 Å². The maximum Gasteiger partial charge on any atom is 0.271 e. The molecule has 0 bridgehead atoms. The molecule has 1 aliphatic heterocycles. The quantitative estimate of drug-likeness (QED) is 0.259. The molecule has 0 aliphatic carbocycles. The Kier molecular flexibility index (Phi) is 7.44. The largest absolute Gasteiger partial charge is 0.483 e. The third kappa shape index (κ3) is 5.36. The molecule has 1 amide bonds. The Morgan fingerprint density at radius 1 is 1.12 bits per heavy atom. The number of nitrogens with one attached hydrogen (secondary N) is 1. The fourth-order valence-corrected chi connectivity index (χ4v) is 6.50. The predicted octanol–water partition coefficient (Wildman–Crippen LogP) is 5.69. The second-order valence-electron chi connectivity index (χ2n) is 9.53. The number of hydrogen-bond acceptors (Lipinski definition) is 7. The normalized spacial score (nSPS) is 15.0. The molecule has 1 aliphatic rings. The first-order valence-corrected chi connectivity index (χ1v) is 14.6. The summed E-state index contributed by atoms with van der Waals surface area (Å²) in [4.78, 5) is 33.4. The van der Waals surface area contributed by atoms with Crippen LogP contribution in [0.3, 0.4) is 0 Å². The summed E-state index contributed by atoms with van der Waals surface area (Å²) in [6.45, 7) is 3.59.